The fourth-order valence-electron chi connectivity index (χ4n) is 1.44. The minimum absolute atomic E-state index is 0.334. The number of carbonyl (C=O) groups excluding carboxylic acids is 1. The molecule has 98 valence electrons. The lowest BCUT2D eigenvalue weighted by Gasteiger charge is -2.20. The summed E-state index contributed by atoms with van der Waals surface area (Å²) in [6.45, 7) is 10.5. The SMILES string of the molecule is C=Cc1cc(NC(=O)OC(C)(C)C)cc(C)c1F. The molecule has 0 bridgehead atoms. The van der Waals surface area contributed by atoms with Crippen molar-refractivity contribution in [1.82, 2.24) is 0 Å². The second-order valence-electron chi connectivity index (χ2n) is 5.03. The third-order valence-electron chi connectivity index (χ3n) is 2.15. The van der Waals surface area contributed by atoms with Crippen molar-refractivity contribution in [3.05, 3.63) is 35.7 Å². The van der Waals surface area contributed by atoms with Gasteiger partial charge in [0.25, 0.3) is 0 Å². The maximum absolute atomic E-state index is 13.6. The first kappa shape index (κ1) is 14.2. The summed E-state index contributed by atoms with van der Waals surface area (Å²) in [5.41, 5.74) is 0.707. The van der Waals surface area contributed by atoms with Crippen LogP contribution in [0.1, 0.15) is 31.9 Å². The van der Waals surface area contributed by atoms with Gasteiger partial charge < -0.3 is 4.74 Å². The lowest BCUT2D eigenvalue weighted by molar-refractivity contribution is 0.0636. The largest absolute Gasteiger partial charge is 0.444 e. The van der Waals surface area contributed by atoms with Gasteiger partial charge in [0, 0.05) is 11.3 Å². The van der Waals surface area contributed by atoms with Crippen molar-refractivity contribution < 1.29 is 13.9 Å². The number of hydrogen-bond acceptors (Lipinski definition) is 2. The number of anilines is 1. The quantitative estimate of drug-likeness (QED) is 0.858. The first-order valence-corrected chi connectivity index (χ1v) is 5.65. The van der Waals surface area contributed by atoms with Crippen LogP contribution in [0.15, 0.2) is 18.7 Å². The fraction of sp³-hybridized carbons (Fsp3) is 0.357. The van der Waals surface area contributed by atoms with Crippen molar-refractivity contribution in [3.63, 3.8) is 0 Å². The molecule has 0 unspecified atom stereocenters. The molecule has 0 aliphatic carbocycles. The van der Waals surface area contributed by atoms with Crippen molar-refractivity contribution >= 4 is 17.9 Å². The molecule has 0 aliphatic rings. The van der Waals surface area contributed by atoms with Crippen LogP contribution in [0.2, 0.25) is 0 Å². The highest BCUT2D eigenvalue weighted by Gasteiger charge is 2.16. The molecule has 0 heterocycles. The summed E-state index contributed by atoms with van der Waals surface area (Å²) in [4.78, 5) is 11.6. The zero-order valence-corrected chi connectivity index (χ0v) is 11.1. The van der Waals surface area contributed by atoms with Gasteiger partial charge in [-0.05, 0) is 45.4 Å². The second kappa shape index (κ2) is 5.21. The van der Waals surface area contributed by atoms with E-state index >= 15 is 0 Å². The Kier molecular flexibility index (Phi) is 4.11. The monoisotopic (exact) mass is 251 g/mol. The van der Waals surface area contributed by atoms with Gasteiger partial charge in [0.1, 0.15) is 11.4 Å². The molecular weight excluding hydrogens is 233 g/mol. The van der Waals surface area contributed by atoms with Crippen LogP contribution in [0.5, 0.6) is 0 Å². The number of aryl methyl sites for hydroxylation is 1. The summed E-state index contributed by atoms with van der Waals surface area (Å²) in [7, 11) is 0. The van der Waals surface area contributed by atoms with Gasteiger partial charge in [0.2, 0.25) is 0 Å². The van der Waals surface area contributed by atoms with Crippen molar-refractivity contribution in [3.8, 4) is 0 Å². The predicted octanol–water partition coefficient (Wildman–Crippen LogP) is 4.12. The molecule has 1 aromatic rings. The van der Waals surface area contributed by atoms with Crippen LogP contribution in [0.3, 0.4) is 0 Å². The summed E-state index contributed by atoms with van der Waals surface area (Å²) >= 11 is 0. The van der Waals surface area contributed by atoms with Crippen LogP contribution in [-0.2, 0) is 4.74 Å². The molecule has 0 fully saturated rings. The number of benzene rings is 1. The van der Waals surface area contributed by atoms with Gasteiger partial charge in [0.15, 0.2) is 0 Å². The summed E-state index contributed by atoms with van der Waals surface area (Å²) in [5.74, 6) is -0.334. The second-order valence-corrected chi connectivity index (χ2v) is 5.03. The minimum Gasteiger partial charge on any atom is -0.444 e. The van der Waals surface area contributed by atoms with Gasteiger partial charge in [-0.25, -0.2) is 9.18 Å². The van der Waals surface area contributed by atoms with Crippen LogP contribution < -0.4 is 5.32 Å². The Morgan fingerprint density at radius 1 is 1.44 bits per heavy atom. The standard InChI is InChI=1S/C14H18FNO2/c1-6-10-8-11(7-9(2)12(10)15)16-13(17)18-14(3,4)5/h6-8H,1H2,2-5H3,(H,16,17). The molecule has 1 N–H and O–H groups in total. The molecule has 0 aromatic heterocycles. The van der Waals surface area contributed by atoms with E-state index in [1.54, 1.807) is 33.8 Å². The third-order valence-corrected chi connectivity index (χ3v) is 2.15. The molecule has 3 nitrogen and oxygen atoms in total. The lowest BCUT2D eigenvalue weighted by atomic mass is 10.1. The smallest absolute Gasteiger partial charge is 0.412 e. The van der Waals surface area contributed by atoms with Gasteiger partial charge in [-0.15, -0.1) is 0 Å². The molecule has 0 saturated carbocycles. The average molecular weight is 251 g/mol. The number of halogens is 1. The molecule has 0 radical (unpaired) electrons. The molecule has 1 aromatic carbocycles. The number of hydrogen-bond donors (Lipinski definition) is 1. The van der Waals surface area contributed by atoms with E-state index in [0.717, 1.165) is 0 Å². The van der Waals surface area contributed by atoms with E-state index in [2.05, 4.69) is 11.9 Å². The van der Waals surface area contributed by atoms with Gasteiger partial charge in [0.05, 0.1) is 0 Å². The van der Waals surface area contributed by atoms with E-state index in [4.69, 9.17) is 4.74 Å². The Hall–Kier alpha value is -1.84. The van der Waals surface area contributed by atoms with Crippen LogP contribution in [0.25, 0.3) is 6.08 Å². The van der Waals surface area contributed by atoms with E-state index < -0.39 is 11.7 Å². The fourth-order valence-corrected chi connectivity index (χ4v) is 1.44. The van der Waals surface area contributed by atoms with Crippen LogP contribution >= 0.6 is 0 Å². The van der Waals surface area contributed by atoms with E-state index in [-0.39, 0.29) is 5.82 Å². The van der Waals surface area contributed by atoms with Crippen molar-refractivity contribution in [2.75, 3.05) is 5.32 Å². The average Bonchev–Trinajstić information content (AvgIpc) is 2.20. The van der Waals surface area contributed by atoms with Gasteiger partial charge in [-0.2, -0.15) is 0 Å². The molecule has 0 atom stereocenters. The Morgan fingerprint density at radius 3 is 2.56 bits per heavy atom. The molecule has 0 saturated heterocycles. The molecule has 0 spiro atoms. The minimum atomic E-state index is -0.569. The summed E-state index contributed by atoms with van der Waals surface area (Å²) in [5, 5.41) is 2.57. The summed E-state index contributed by atoms with van der Waals surface area (Å²) in [6, 6.07) is 3.06. The Labute approximate surface area is 107 Å². The first-order chi connectivity index (χ1) is 8.23. The normalized spacial score (nSPS) is 10.9. The van der Waals surface area contributed by atoms with Crippen LogP contribution in [-0.4, -0.2) is 11.7 Å². The van der Waals surface area contributed by atoms with Crippen molar-refractivity contribution in [1.29, 1.82) is 0 Å². The zero-order valence-electron chi connectivity index (χ0n) is 11.1. The van der Waals surface area contributed by atoms with E-state index in [9.17, 15) is 9.18 Å². The first-order valence-electron chi connectivity index (χ1n) is 5.65. The number of nitrogens with one attached hydrogen (secondary N) is 1. The van der Waals surface area contributed by atoms with E-state index in [1.165, 1.54) is 12.1 Å². The predicted molar refractivity (Wildman–Crippen MR) is 71.1 cm³/mol. The maximum Gasteiger partial charge on any atom is 0.412 e. The van der Waals surface area contributed by atoms with Gasteiger partial charge in [-0.3, -0.25) is 5.32 Å². The lowest BCUT2D eigenvalue weighted by Crippen LogP contribution is -2.27. The number of ether oxygens (including phenoxy) is 1. The van der Waals surface area contributed by atoms with Gasteiger partial charge in [-0.1, -0.05) is 12.7 Å². The summed E-state index contributed by atoms with van der Waals surface area (Å²) < 4.78 is 18.7. The Bertz CT molecular complexity index is 475. The molecule has 18 heavy (non-hydrogen) atoms. The Balaban J connectivity index is 2.89. The van der Waals surface area contributed by atoms with Crippen molar-refractivity contribution in [2.45, 2.75) is 33.3 Å². The topological polar surface area (TPSA) is 38.3 Å². The molecule has 1 rings (SSSR count). The number of carbonyl (C=O) groups is 1. The molecular formula is C14H18FNO2. The van der Waals surface area contributed by atoms with Gasteiger partial charge >= 0.3 is 6.09 Å². The highest BCUT2D eigenvalue weighted by Crippen LogP contribution is 2.20. The molecule has 1 amide bonds. The van der Waals surface area contributed by atoms with E-state index in [1.807, 2.05) is 0 Å². The van der Waals surface area contributed by atoms with Crippen LogP contribution in [0, 0.1) is 12.7 Å². The maximum atomic E-state index is 13.6. The van der Waals surface area contributed by atoms with E-state index in [0.29, 0.717) is 16.8 Å². The number of rotatable bonds is 2. The number of amides is 1. The third kappa shape index (κ3) is 3.87. The summed E-state index contributed by atoms with van der Waals surface area (Å²) in [6.07, 6.45) is 0.839. The zero-order chi connectivity index (χ0) is 13.9. The highest BCUT2D eigenvalue weighted by atomic mass is 19.1. The van der Waals surface area contributed by atoms with Crippen molar-refractivity contribution in [2.24, 2.45) is 0 Å². The van der Waals surface area contributed by atoms with Crippen LogP contribution in [0.4, 0.5) is 14.9 Å². The highest BCUT2D eigenvalue weighted by molar-refractivity contribution is 5.85. The molecule has 0 aliphatic heterocycles. The Morgan fingerprint density at radius 2 is 2.06 bits per heavy atom. The molecule has 4 heteroatoms.